The zero-order valence-electron chi connectivity index (χ0n) is 16.1. The third kappa shape index (κ3) is 5.06. The van der Waals surface area contributed by atoms with E-state index < -0.39 is 0 Å². The van der Waals surface area contributed by atoms with Crippen molar-refractivity contribution in [2.24, 2.45) is 5.92 Å². The van der Waals surface area contributed by atoms with Gasteiger partial charge >= 0.3 is 0 Å². The molecule has 1 unspecified atom stereocenters. The monoisotopic (exact) mass is 419 g/mol. The molecule has 7 heteroatoms. The number of ether oxygens (including phenoxy) is 1. The number of aromatic nitrogens is 3. The fraction of sp³-hybridized carbons (Fsp3) is 0.333. The van der Waals surface area contributed by atoms with Gasteiger partial charge in [-0.3, -0.25) is 0 Å². The molecule has 1 atom stereocenters. The largest absolute Gasteiger partial charge is 0.481 e. The van der Waals surface area contributed by atoms with Gasteiger partial charge in [0.15, 0.2) is 17.1 Å². The number of hydrogen-bond donors (Lipinski definition) is 0. The Hall–Kier alpha value is -2.05. The molecule has 0 saturated carbocycles. The highest BCUT2D eigenvalue weighted by molar-refractivity contribution is 7.98. The second kappa shape index (κ2) is 9.43. The van der Waals surface area contributed by atoms with Crippen LogP contribution < -0.4 is 4.74 Å². The smallest absolute Gasteiger partial charge is 0.191 e. The van der Waals surface area contributed by atoms with Crippen molar-refractivity contribution in [3.8, 4) is 5.75 Å². The highest BCUT2D eigenvalue weighted by Crippen LogP contribution is 2.30. The molecule has 0 radical (unpaired) electrons. The van der Waals surface area contributed by atoms with Crippen molar-refractivity contribution >= 4 is 23.4 Å². The Labute approximate surface area is 174 Å². The topological polar surface area (TPSA) is 39.9 Å². The summed E-state index contributed by atoms with van der Waals surface area (Å²) in [5.41, 5.74) is 0.647. The Balaban J connectivity index is 1.81. The zero-order valence-corrected chi connectivity index (χ0v) is 17.7. The lowest BCUT2D eigenvalue weighted by Gasteiger charge is -2.18. The first-order chi connectivity index (χ1) is 13.5. The Bertz CT molecular complexity index is 932. The van der Waals surface area contributed by atoms with Gasteiger partial charge in [0.2, 0.25) is 0 Å². The molecule has 1 heterocycles. The summed E-state index contributed by atoms with van der Waals surface area (Å²) in [4.78, 5) is 0. The third-order valence-corrected chi connectivity index (χ3v) is 5.44. The maximum absolute atomic E-state index is 13.9. The number of thioether (sulfide) groups is 1. The predicted octanol–water partition coefficient (Wildman–Crippen LogP) is 6.16. The lowest BCUT2D eigenvalue weighted by molar-refractivity contribution is 0.207. The van der Waals surface area contributed by atoms with Crippen molar-refractivity contribution in [1.82, 2.24) is 14.8 Å². The van der Waals surface area contributed by atoms with Gasteiger partial charge in [0.05, 0.1) is 5.02 Å². The summed E-state index contributed by atoms with van der Waals surface area (Å²) in [6.45, 7) is 6.94. The van der Waals surface area contributed by atoms with E-state index in [0.717, 1.165) is 17.5 Å². The minimum atomic E-state index is -0.325. The van der Waals surface area contributed by atoms with E-state index in [1.54, 1.807) is 18.2 Å². The molecule has 0 bridgehead atoms. The molecule has 0 N–H and O–H groups in total. The molecule has 3 rings (SSSR count). The minimum Gasteiger partial charge on any atom is -0.481 e. The van der Waals surface area contributed by atoms with Crippen LogP contribution in [0, 0.1) is 11.7 Å². The number of benzene rings is 2. The number of nitrogens with zero attached hydrogens (tertiary/aromatic N) is 3. The summed E-state index contributed by atoms with van der Waals surface area (Å²) in [5.74, 6) is 2.01. The van der Waals surface area contributed by atoms with Crippen molar-refractivity contribution in [3.63, 3.8) is 0 Å². The van der Waals surface area contributed by atoms with Gasteiger partial charge < -0.3 is 9.30 Å². The van der Waals surface area contributed by atoms with Crippen molar-refractivity contribution in [3.05, 3.63) is 70.8 Å². The van der Waals surface area contributed by atoms with Crippen LogP contribution in [0.3, 0.4) is 0 Å². The van der Waals surface area contributed by atoms with E-state index >= 15 is 0 Å². The number of halogens is 2. The molecule has 0 fully saturated rings. The summed E-state index contributed by atoms with van der Waals surface area (Å²) in [5, 5.41) is 10.0. The number of rotatable bonds is 8. The van der Waals surface area contributed by atoms with E-state index in [9.17, 15) is 4.39 Å². The average molecular weight is 420 g/mol. The molecular formula is C21H23ClFN3OS. The molecule has 1 aromatic heterocycles. The van der Waals surface area contributed by atoms with Crippen LogP contribution in [-0.2, 0) is 12.3 Å². The van der Waals surface area contributed by atoms with Gasteiger partial charge in [-0.25, -0.2) is 4.39 Å². The fourth-order valence-electron chi connectivity index (χ4n) is 2.79. The summed E-state index contributed by atoms with van der Waals surface area (Å²) < 4.78 is 22.0. The quantitative estimate of drug-likeness (QED) is 0.410. The SMILES string of the molecule is CC(C)Cn1c(SCc2ccccc2F)nnc1C(C)Oc1ccccc1Cl. The molecule has 2 aromatic carbocycles. The van der Waals surface area contributed by atoms with E-state index in [4.69, 9.17) is 16.3 Å². The molecule has 3 aromatic rings. The van der Waals surface area contributed by atoms with Crippen LogP contribution in [0.1, 0.15) is 38.3 Å². The molecule has 0 aliphatic heterocycles. The zero-order chi connectivity index (χ0) is 20.1. The van der Waals surface area contributed by atoms with Gasteiger partial charge in [-0.15, -0.1) is 10.2 Å². The van der Waals surface area contributed by atoms with E-state index in [2.05, 4.69) is 28.6 Å². The Kier molecular flexibility index (Phi) is 6.97. The van der Waals surface area contributed by atoms with E-state index in [0.29, 0.717) is 28.0 Å². The normalized spacial score (nSPS) is 12.4. The van der Waals surface area contributed by atoms with Crippen LogP contribution >= 0.6 is 23.4 Å². The van der Waals surface area contributed by atoms with Gasteiger partial charge in [0, 0.05) is 12.3 Å². The van der Waals surface area contributed by atoms with Crippen molar-refractivity contribution in [2.75, 3.05) is 0 Å². The Morgan fingerprint density at radius 2 is 1.79 bits per heavy atom. The predicted molar refractivity (Wildman–Crippen MR) is 111 cm³/mol. The van der Waals surface area contributed by atoms with Gasteiger partial charge in [-0.05, 0) is 36.6 Å². The molecule has 0 aliphatic carbocycles. The van der Waals surface area contributed by atoms with Gasteiger partial charge in [-0.2, -0.15) is 0 Å². The molecule has 0 spiro atoms. The highest BCUT2D eigenvalue weighted by atomic mass is 35.5. The maximum Gasteiger partial charge on any atom is 0.191 e. The molecule has 0 aliphatic rings. The van der Waals surface area contributed by atoms with Gasteiger partial charge in [0.1, 0.15) is 11.6 Å². The van der Waals surface area contributed by atoms with Gasteiger partial charge in [-0.1, -0.05) is 67.5 Å². The van der Waals surface area contributed by atoms with Crippen LogP contribution in [0.4, 0.5) is 4.39 Å². The van der Waals surface area contributed by atoms with Crippen LogP contribution in [0.2, 0.25) is 5.02 Å². The van der Waals surface area contributed by atoms with Crippen LogP contribution in [0.25, 0.3) is 0 Å². The average Bonchev–Trinajstić information content (AvgIpc) is 3.05. The van der Waals surface area contributed by atoms with Crippen LogP contribution in [0.5, 0.6) is 5.75 Å². The van der Waals surface area contributed by atoms with Crippen molar-refractivity contribution in [2.45, 2.75) is 44.3 Å². The minimum absolute atomic E-state index is 0.208. The first kappa shape index (κ1) is 20.7. The number of para-hydroxylation sites is 1. The molecule has 0 amide bonds. The Morgan fingerprint density at radius 3 is 2.50 bits per heavy atom. The fourth-order valence-corrected chi connectivity index (χ4v) is 3.91. The molecule has 4 nitrogen and oxygen atoms in total. The van der Waals surface area contributed by atoms with E-state index in [1.165, 1.54) is 17.8 Å². The van der Waals surface area contributed by atoms with E-state index in [-0.39, 0.29) is 11.9 Å². The van der Waals surface area contributed by atoms with Crippen LogP contribution in [0.15, 0.2) is 53.7 Å². The third-order valence-electron chi connectivity index (χ3n) is 4.11. The van der Waals surface area contributed by atoms with Gasteiger partial charge in [0.25, 0.3) is 0 Å². The molecule has 28 heavy (non-hydrogen) atoms. The summed E-state index contributed by atoms with van der Waals surface area (Å²) in [6.07, 6.45) is -0.325. The summed E-state index contributed by atoms with van der Waals surface area (Å²) >= 11 is 7.68. The molecular weight excluding hydrogens is 397 g/mol. The lowest BCUT2D eigenvalue weighted by Crippen LogP contribution is -2.15. The highest BCUT2D eigenvalue weighted by Gasteiger charge is 2.21. The molecule has 0 saturated heterocycles. The Morgan fingerprint density at radius 1 is 1.07 bits per heavy atom. The summed E-state index contributed by atoms with van der Waals surface area (Å²) in [6, 6.07) is 14.1. The molecule has 148 valence electrons. The summed E-state index contributed by atoms with van der Waals surface area (Å²) in [7, 11) is 0. The second-order valence-electron chi connectivity index (χ2n) is 6.92. The second-order valence-corrected chi connectivity index (χ2v) is 8.27. The first-order valence-electron chi connectivity index (χ1n) is 9.16. The number of hydrogen-bond acceptors (Lipinski definition) is 4. The van der Waals surface area contributed by atoms with Crippen molar-refractivity contribution < 1.29 is 9.13 Å². The standard InChI is InChI=1S/C21H23ClFN3OS/c1-14(2)12-26-20(15(3)27-19-11-7-5-9-17(19)22)24-25-21(26)28-13-16-8-4-6-10-18(16)23/h4-11,14-15H,12-13H2,1-3H3. The van der Waals surface area contributed by atoms with Crippen molar-refractivity contribution in [1.29, 1.82) is 0 Å². The van der Waals surface area contributed by atoms with Crippen LogP contribution in [-0.4, -0.2) is 14.8 Å². The van der Waals surface area contributed by atoms with E-state index in [1.807, 2.05) is 31.2 Å². The lowest BCUT2D eigenvalue weighted by atomic mass is 10.2. The maximum atomic E-state index is 13.9. The first-order valence-corrected chi connectivity index (χ1v) is 10.5.